The van der Waals surface area contributed by atoms with Crippen LogP contribution in [-0.2, 0) is 17.9 Å². The van der Waals surface area contributed by atoms with Gasteiger partial charge in [0.05, 0.1) is 18.2 Å². The van der Waals surface area contributed by atoms with Crippen molar-refractivity contribution in [2.45, 2.75) is 13.2 Å². The van der Waals surface area contributed by atoms with Crippen molar-refractivity contribution in [1.29, 1.82) is 5.26 Å². The minimum Gasteiger partial charge on any atom is -0.372 e. The molecule has 2 heterocycles. The number of hydrogen-bond donors (Lipinski definition) is 0. The first-order chi connectivity index (χ1) is 8.38. The fourth-order valence-corrected chi connectivity index (χ4v) is 1.90. The molecule has 2 aromatic rings. The van der Waals surface area contributed by atoms with Gasteiger partial charge in [0.15, 0.2) is 11.6 Å². The van der Waals surface area contributed by atoms with Crippen molar-refractivity contribution in [3.8, 4) is 17.5 Å². The van der Waals surface area contributed by atoms with Crippen LogP contribution >= 0.6 is 0 Å². The number of aromatic nitrogens is 3. The van der Waals surface area contributed by atoms with Crippen LogP contribution in [0.5, 0.6) is 0 Å². The summed E-state index contributed by atoms with van der Waals surface area (Å²) in [6, 6.07) is 9.46. The van der Waals surface area contributed by atoms with E-state index in [9.17, 15) is 0 Å². The number of nitriles is 1. The predicted octanol–water partition coefficient (Wildman–Crippen LogP) is 1.35. The maximum absolute atomic E-state index is 8.75. The molecule has 17 heavy (non-hydrogen) atoms. The Bertz CT molecular complexity index is 580. The average Bonchev–Trinajstić information content (AvgIpc) is 2.83. The minimum atomic E-state index is 0.517. The highest BCUT2D eigenvalue weighted by Gasteiger charge is 2.16. The molecule has 0 atom stereocenters. The molecule has 0 fully saturated rings. The fraction of sp³-hybridized carbons (Fsp3) is 0.250. The Kier molecular flexibility index (Phi) is 2.35. The maximum atomic E-state index is 8.75. The van der Waals surface area contributed by atoms with Crippen LogP contribution in [0.1, 0.15) is 11.4 Å². The number of ether oxygens (including phenoxy) is 1. The molecule has 0 aliphatic carbocycles. The van der Waals surface area contributed by atoms with E-state index in [1.807, 2.05) is 12.1 Å². The summed E-state index contributed by atoms with van der Waals surface area (Å²) in [5.41, 5.74) is 1.63. The van der Waals surface area contributed by atoms with Crippen molar-refractivity contribution in [3.05, 3.63) is 35.7 Å². The van der Waals surface area contributed by atoms with Gasteiger partial charge in [-0.05, 0) is 24.3 Å². The maximum Gasteiger partial charge on any atom is 0.164 e. The molecule has 84 valence electrons. The first kappa shape index (κ1) is 10.00. The number of rotatable bonds is 1. The van der Waals surface area contributed by atoms with Crippen LogP contribution in [0.2, 0.25) is 0 Å². The highest BCUT2D eigenvalue weighted by molar-refractivity contribution is 5.57. The molecule has 1 aliphatic rings. The third-order valence-electron chi connectivity index (χ3n) is 2.79. The Hall–Kier alpha value is -2.19. The van der Waals surface area contributed by atoms with Crippen molar-refractivity contribution < 1.29 is 4.74 Å². The Morgan fingerprint density at radius 2 is 2.06 bits per heavy atom. The molecular weight excluding hydrogens is 216 g/mol. The summed E-state index contributed by atoms with van der Waals surface area (Å²) in [5.74, 6) is 1.70. The van der Waals surface area contributed by atoms with E-state index in [0.29, 0.717) is 18.8 Å². The Morgan fingerprint density at radius 1 is 1.24 bits per heavy atom. The van der Waals surface area contributed by atoms with Crippen LogP contribution in [-0.4, -0.2) is 21.4 Å². The molecule has 1 aromatic heterocycles. The first-order valence-corrected chi connectivity index (χ1v) is 5.39. The van der Waals surface area contributed by atoms with Gasteiger partial charge in [0, 0.05) is 12.1 Å². The zero-order valence-corrected chi connectivity index (χ0v) is 9.13. The van der Waals surface area contributed by atoms with Gasteiger partial charge in [-0.25, -0.2) is 0 Å². The molecule has 1 aromatic carbocycles. The van der Waals surface area contributed by atoms with E-state index < -0.39 is 0 Å². The molecule has 5 heteroatoms. The summed E-state index contributed by atoms with van der Waals surface area (Å²) in [4.78, 5) is 0. The summed E-state index contributed by atoms with van der Waals surface area (Å²) < 4.78 is 7.38. The van der Waals surface area contributed by atoms with Crippen molar-refractivity contribution in [2.24, 2.45) is 0 Å². The topological polar surface area (TPSA) is 63.7 Å². The van der Waals surface area contributed by atoms with Gasteiger partial charge >= 0.3 is 0 Å². The van der Waals surface area contributed by atoms with Gasteiger partial charge in [-0.15, -0.1) is 10.2 Å². The van der Waals surface area contributed by atoms with Gasteiger partial charge in [-0.2, -0.15) is 5.26 Å². The smallest absolute Gasteiger partial charge is 0.164 e. The van der Waals surface area contributed by atoms with Crippen LogP contribution in [0.3, 0.4) is 0 Å². The number of hydrogen-bond acceptors (Lipinski definition) is 4. The van der Waals surface area contributed by atoms with E-state index >= 15 is 0 Å². The van der Waals surface area contributed by atoms with Crippen LogP contribution in [0.25, 0.3) is 11.4 Å². The van der Waals surface area contributed by atoms with Gasteiger partial charge in [-0.1, -0.05) is 0 Å². The van der Waals surface area contributed by atoms with Gasteiger partial charge in [0.1, 0.15) is 6.61 Å². The SMILES string of the molecule is N#Cc1ccc(-c2nnc3n2CCOC3)cc1. The monoisotopic (exact) mass is 226 g/mol. The summed E-state index contributed by atoms with van der Waals surface area (Å²) >= 11 is 0. The number of nitrogens with zero attached hydrogens (tertiary/aromatic N) is 4. The molecule has 0 unspecified atom stereocenters. The van der Waals surface area contributed by atoms with Gasteiger partial charge in [-0.3, -0.25) is 0 Å². The zero-order valence-electron chi connectivity index (χ0n) is 9.13. The van der Waals surface area contributed by atoms with Gasteiger partial charge < -0.3 is 9.30 Å². The lowest BCUT2D eigenvalue weighted by Crippen LogP contribution is -2.17. The van der Waals surface area contributed by atoms with E-state index in [0.717, 1.165) is 23.8 Å². The standard InChI is InChI=1S/C12H10N4O/c13-7-9-1-3-10(4-2-9)12-15-14-11-8-17-6-5-16(11)12/h1-4H,5-6,8H2. The summed E-state index contributed by atoms with van der Waals surface area (Å²) in [5, 5.41) is 17.0. The summed E-state index contributed by atoms with van der Waals surface area (Å²) in [7, 11) is 0. The van der Waals surface area contributed by atoms with Crippen molar-refractivity contribution >= 4 is 0 Å². The van der Waals surface area contributed by atoms with Crippen LogP contribution in [0, 0.1) is 11.3 Å². The number of fused-ring (bicyclic) bond motifs is 1. The van der Waals surface area contributed by atoms with E-state index in [-0.39, 0.29) is 0 Å². The Morgan fingerprint density at radius 3 is 2.82 bits per heavy atom. The molecule has 0 N–H and O–H groups in total. The Balaban J connectivity index is 2.03. The fourth-order valence-electron chi connectivity index (χ4n) is 1.90. The van der Waals surface area contributed by atoms with E-state index in [1.165, 1.54) is 0 Å². The second kappa shape index (κ2) is 4.00. The third kappa shape index (κ3) is 1.69. The molecule has 3 rings (SSSR count). The quantitative estimate of drug-likeness (QED) is 0.736. The molecule has 0 amide bonds. The van der Waals surface area contributed by atoms with Crippen LogP contribution in [0.4, 0.5) is 0 Å². The van der Waals surface area contributed by atoms with Gasteiger partial charge in [0.25, 0.3) is 0 Å². The second-order valence-electron chi connectivity index (χ2n) is 3.83. The molecule has 0 bridgehead atoms. The highest BCUT2D eigenvalue weighted by atomic mass is 16.5. The average molecular weight is 226 g/mol. The normalized spacial score (nSPS) is 14.1. The minimum absolute atomic E-state index is 0.517. The number of benzene rings is 1. The summed E-state index contributed by atoms with van der Waals surface area (Å²) in [6.45, 7) is 1.98. The third-order valence-corrected chi connectivity index (χ3v) is 2.79. The predicted molar refractivity (Wildman–Crippen MR) is 59.8 cm³/mol. The van der Waals surface area contributed by atoms with E-state index in [2.05, 4.69) is 20.8 Å². The largest absolute Gasteiger partial charge is 0.372 e. The first-order valence-electron chi connectivity index (χ1n) is 5.39. The van der Waals surface area contributed by atoms with Crippen molar-refractivity contribution in [2.75, 3.05) is 6.61 Å². The molecule has 1 aliphatic heterocycles. The lowest BCUT2D eigenvalue weighted by atomic mass is 10.1. The Labute approximate surface area is 98.3 Å². The molecular formula is C12H10N4O. The lowest BCUT2D eigenvalue weighted by molar-refractivity contribution is 0.0821. The zero-order chi connectivity index (χ0) is 11.7. The molecule has 0 saturated heterocycles. The molecule has 0 saturated carbocycles. The van der Waals surface area contributed by atoms with E-state index in [4.69, 9.17) is 10.00 Å². The van der Waals surface area contributed by atoms with Crippen LogP contribution in [0.15, 0.2) is 24.3 Å². The van der Waals surface area contributed by atoms with Crippen molar-refractivity contribution in [3.63, 3.8) is 0 Å². The van der Waals surface area contributed by atoms with Crippen LogP contribution < -0.4 is 0 Å². The lowest BCUT2D eigenvalue weighted by Gasteiger charge is -2.15. The van der Waals surface area contributed by atoms with E-state index in [1.54, 1.807) is 12.1 Å². The second-order valence-corrected chi connectivity index (χ2v) is 3.83. The molecule has 0 spiro atoms. The summed E-state index contributed by atoms with van der Waals surface area (Å²) in [6.07, 6.45) is 0. The molecule has 0 radical (unpaired) electrons. The van der Waals surface area contributed by atoms with Crippen molar-refractivity contribution in [1.82, 2.24) is 14.8 Å². The molecule has 5 nitrogen and oxygen atoms in total. The van der Waals surface area contributed by atoms with Gasteiger partial charge in [0.2, 0.25) is 0 Å². The highest BCUT2D eigenvalue weighted by Crippen LogP contribution is 2.20.